The molecule has 2 amide bonds. The zero-order valence-electron chi connectivity index (χ0n) is 14.9. The first kappa shape index (κ1) is 21.3. The van der Waals surface area contributed by atoms with Gasteiger partial charge in [-0.25, -0.2) is 0 Å². The molecular weight excluding hydrogens is 296 g/mol. The van der Waals surface area contributed by atoms with E-state index in [0.29, 0.717) is 12.8 Å². The van der Waals surface area contributed by atoms with Gasteiger partial charge in [0.05, 0.1) is 6.04 Å². The highest BCUT2D eigenvalue weighted by Gasteiger charge is 2.23. The molecule has 6 heteroatoms. The summed E-state index contributed by atoms with van der Waals surface area (Å²) in [6.45, 7) is 8.75. The van der Waals surface area contributed by atoms with Crippen molar-refractivity contribution >= 4 is 23.4 Å². The fourth-order valence-corrected chi connectivity index (χ4v) is 2.12. The second-order valence-electron chi connectivity index (χ2n) is 6.49. The van der Waals surface area contributed by atoms with Gasteiger partial charge in [0.2, 0.25) is 11.8 Å². The molecule has 0 aliphatic heterocycles. The molecule has 6 nitrogen and oxygen atoms in total. The third kappa shape index (κ3) is 10.6. The lowest BCUT2D eigenvalue weighted by molar-refractivity contribution is -0.130. The first-order chi connectivity index (χ1) is 10.6. The van der Waals surface area contributed by atoms with Gasteiger partial charge in [0.25, 0.3) is 0 Å². The summed E-state index contributed by atoms with van der Waals surface area (Å²) in [6, 6.07) is -0.610. The van der Waals surface area contributed by atoms with Crippen LogP contribution in [0.2, 0.25) is 0 Å². The van der Waals surface area contributed by atoms with Crippen LogP contribution in [0.15, 0.2) is 0 Å². The van der Waals surface area contributed by atoms with E-state index in [2.05, 4.69) is 10.6 Å². The Hall–Kier alpha value is -1.72. The molecule has 0 bridgehead atoms. The normalized spacial score (nSPS) is 12.1. The fourth-order valence-electron chi connectivity index (χ4n) is 2.12. The Labute approximate surface area is 138 Å². The number of carbonyl (C=O) groups is 4. The van der Waals surface area contributed by atoms with Crippen LogP contribution in [0.1, 0.15) is 66.7 Å². The highest BCUT2D eigenvalue weighted by atomic mass is 16.2. The molecule has 132 valence electrons. The highest BCUT2D eigenvalue weighted by Crippen LogP contribution is 2.08. The molecule has 0 heterocycles. The summed E-state index contributed by atoms with van der Waals surface area (Å²) in [5, 5.41) is 5.47. The Bertz CT molecular complexity index is 430. The minimum absolute atomic E-state index is 0.0398. The van der Waals surface area contributed by atoms with Gasteiger partial charge in [-0.15, -0.1) is 0 Å². The molecule has 1 atom stereocenters. The van der Waals surface area contributed by atoms with E-state index in [1.54, 1.807) is 13.8 Å². The first-order valence-corrected chi connectivity index (χ1v) is 8.25. The van der Waals surface area contributed by atoms with E-state index in [4.69, 9.17) is 0 Å². The molecule has 0 rings (SSSR count). The lowest BCUT2D eigenvalue weighted by Crippen LogP contribution is -2.43. The Kier molecular flexibility index (Phi) is 10.1. The molecule has 0 aromatic rings. The smallest absolute Gasteiger partial charge is 0.220 e. The predicted molar refractivity (Wildman–Crippen MR) is 88.8 cm³/mol. The van der Waals surface area contributed by atoms with Gasteiger partial charge in [-0.1, -0.05) is 13.8 Å². The fraction of sp³-hybridized carbons (Fsp3) is 0.765. The van der Waals surface area contributed by atoms with Crippen LogP contribution in [0.4, 0.5) is 0 Å². The van der Waals surface area contributed by atoms with Crippen LogP contribution in [-0.2, 0) is 19.2 Å². The molecule has 0 aliphatic carbocycles. The minimum atomic E-state index is -0.655. The van der Waals surface area contributed by atoms with Crippen LogP contribution in [0.25, 0.3) is 0 Å². The number of nitrogens with one attached hydrogen (secondary N) is 2. The van der Waals surface area contributed by atoms with Crippen LogP contribution in [0.3, 0.4) is 0 Å². The number of amides is 2. The summed E-state index contributed by atoms with van der Waals surface area (Å²) in [5.74, 6) is -0.646. The van der Waals surface area contributed by atoms with Crippen LogP contribution in [0, 0.1) is 5.92 Å². The van der Waals surface area contributed by atoms with Crippen molar-refractivity contribution < 1.29 is 19.2 Å². The van der Waals surface area contributed by atoms with Crippen molar-refractivity contribution in [2.75, 3.05) is 0 Å². The lowest BCUT2D eigenvalue weighted by atomic mass is 9.97. The number of carbonyl (C=O) groups excluding carboxylic acids is 4. The van der Waals surface area contributed by atoms with Crippen molar-refractivity contribution in [2.24, 2.45) is 5.92 Å². The Balaban J connectivity index is 4.51. The summed E-state index contributed by atoms with van der Waals surface area (Å²) >= 11 is 0. The average Bonchev–Trinajstić information content (AvgIpc) is 2.41. The van der Waals surface area contributed by atoms with E-state index < -0.39 is 6.04 Å². The van der Waals surface area contributed by atoms with E-state index in [9.17, 15) is 19.2 Å². The quantitative estimate of drug-likeness (QED) is 0.605. The van der Waals surface area contributed by atoms with Crippen molar-refractivity contribution in [3.63, 3.8) is 0 Å². The van der Waals surface area contributed by atoms with E-state index in [-0.39, 0.29) is 54.6 Å². The number of hydrogen-bond acceptors (Lipinski definition) is 4. The molecule has 0 saturated carbocycles. The summed E-state index contributed by atoms with van der Waals surface area (Å²) in [7, 11) is 0. The third-order valence-corrected chi connectivity index (χ3v) is 3.29. The van der Waals surface area contributed by atoms with Crippen molar-refractivity contribution in [1.82, 2.24) is 10.6 Å². The molecule has 0 aromatic carbocycles. The van der Waals surface area contributed by atoms with Crippen LogP contribution in [-0.4, -0.2) is 35.5 Å². The monoisotopic (exact) mass is 326 g/mol. The van der Waals surface area contributed by atoms with Crippen LogP contribution >= 0.6 is 0 Å². The molecule has 0 saturated heterocycles. The zero-order chi connectivity index (χ0) is 18.0. The second-order valence-corrected chi connectivity index (χ2v) is 6.49. The van der Waals surface area contributed by atoms with Crippen molar-refractivity contribution in [3.8, 4) is 0 Å². The SMILES string of the molecule is CC(=O)CCCC(=O)NC(CCC(=O)NC(C)C)C(=O)C(C)C. The molecule has 0 aromatic heterocycles. The van der Waals surface area contributed by atoms with Crippen LogP contribution in [0.5, 0.6) is 0 Å². The van der Waals surface area contributed by atoms with Crippen molar-refractivity contribution in [2.45, 2.75) is 78.8 Å². The second kappa shape index (κ2) is 10.9. The van der Waals surface area contributed by atoms with E-state index in [1.165, 1.54) is 6.92 Å². The van der Waals surface area contributed by atoms with Crippen molar-refractivity contribution in [1.29, 1.82) is 0 Å². The van der Waals surface area contributed by atoms with E-state index in [0.717, 1.165) is 0 Å². The van der Waals surface area contributed by atoms with Gasteiger partial charge in [0, 0.05) is 31.2 Å². The molecule has 2 N–H and O–H groups in total. The van der Waals surface area contributed by atoms with Gasteiger partial charge in [0.15, 0.2) is 5.78 Å². The Morgan fingerprint density at radius 3 is 1.87 bits per heavy atom. The largest absolute Gasteiger partial charge is 0.354 e. The maximum absolute atomic E-state index is 12.2. The number of ketones is 2. The van der Waals surface area contributed by atoms with Gasteiger partial charge in [-0.3, -0.25) is 14.4 Å². The number of hydrogen-bond donors (Lipinski definition) is 2. The van der Waals surface area contributed by atoms with Crippen molar-refractivity contribution in [3.05, 3.63) is 0 Å². The zero-order valence-corrected chi connectivity index (χ0v) is 14.9. The first-order valence-electron chi connectivity index (χ1n) is 8.25. The summed E-state index contributed by atoms with van der Waals surface area (Å²) < 4.78 is 0. The van der Waals surface area contributed by atoms with Gasteiger partial charge in [-0.2, -0.15) is 0 Å². The molecule has 1 unspecified atom stereocenters. The van der Waals surface area contributed by atoms with Gasteiger partial charge in [0.1, 0.15) is 5.78 Å². The Morgan fingerprint density at radius 2 is 1.39 bits per heavy atom. The highest BCUT2D eigenvalue weighted by molar-refractivity contribution is 5.90. The number of rotatable bonds is 11. The van der Waals surface area contributed by atoms with Crippen LogP contribution < -0.4 is 10.6 Å². The third-order valence-electron chi connectivity index (χ3n) is 3.29. The molecule has 0 spiro atoms. The van der Waals surface area contributed by atoms with E-state index in [1.807, 2.05) is 13.8 Å². The summed E-state index contributed by atoms with van der Waals surface area (Å²) in [5.41, 5.74) is 0. The summed E-state index contributed by atoms with van der Waals surface area (Å²) in [6.07, 6.45) is 1.51. The predicted octanol–water partition coefficient (Wildman–Crippen LogP) is 1.76. The maximum atomic E-state index is 12.2. The average molecular weight is 326 g/mol. The minimum Gasteiger partial charge on any atom is -0.354 e. The molecule has 0 radical (unpaired) electrons. The van der Waals surface area contributed by atoms with Gasteiger partial charge >= 0.3 is 0 Å². The van der Waals surface area contributed by atoms with E-state index >= 15 is 0 Å². The van der Waals surface area contributed by atoms with Gasteiger partial charge < -0.3 is 15.4 Å². The lowest BCUT2D eigenvalue weighted by Gasteiger charge is -2.20. The molecule has 23 heavy (non-hydrogen) atoms. The summed E-state index contributed by atoms with van der Waals surface area (Å²) in [4.78, 5) is 46.7. The molecule has 0 aliphatic rings. The molecular formula is C17H30N2O4. The maximum Gasteiger partial charge on any atom is 0.220 e. The molecule has 0 fully saturated rings. The van der Waals surface area contributed by atoms with Gasteiger partial charge in [-0.05, 0) is 33.6 Å². The Morgan fingerprint density at radius 1 is 0.826 bits per heavy atom. The number of Topliss-reactive ketones (excluding diaryl/α,β-unsaturated/α-hetero) is 2. The standard InChI is InChI=1S/C17H30N2O4/c1-11(2)17(23)14(9-10-16(22)18-12(3)4)19-15(21)8-6-7-13(5)20/h11-12,14H,6-10H2,1-5H3,(H,18,22)(H,19,21). The topological polar surface area (TPSA) is 92.3 Å².